The van der Waals surface area contributed by atoms with Gasteiger partial charge in [0.25, 0.3) is 0 Å². The first kappa shape index (κ1) is 13.8. The Morgan fingerprint density at radius 3 is 2.82 bits per heavy atom. The average molecular weight is 293 g/mol. The number of benzene rings is 2. The van der Waals surface area contributed by atoms with E-state index >= 15 is 0 Å². The monoisotopic (exact) mass is 293 g/mol. The molecule has 2 nitrogen and oxygen atoms in total. The highest BCUT2D eigenvalue weighted by atomic mass is 16.5. The van der Waals surface area contributed by atoms with Crippen LogP contribution in [0.3, 0.4) is 0 Å². The van der Waals surface area contributed by atoms with Crippen LogP contribution in [0.5, 0.6) is 0 Å². The van der Waals surface area contributed by atoms with Gasteiger partial charge in [-0.1, -0.05) is 49.4 Å². The summed E-state index contributed by atoms with van der Waals surface area (Å²) in [6, 6.07) is 18.0. The number of rotatable bonds is 2. The Morgan fingerprint density at radius 1 is 1.14 bits per heavy atom. The van der Waals surface area contributed by atoms with E-state index in [1.54, 1.807) is 0 Å². The van der Waals surface area contributed by atoms with E-state index in [1.807, 2.05) is 0 Å². The van der Waals surface area contributed by atoms with Gasteiger partial charge in [0.1, 0.15) is 0 Å². The van der Waals surface area contributed by atoms with Gasteiger partial charge in [-0.3, -0.25) is 0 Å². The van der Waals surface area contributed by atoms with Crippen molar-refractivity contribution in [3.63, 3.8) is 0 Å². The molecule has 0 aromatic heterocycles. The van der Waals surface area contributed by atoms with Gasteiger partial charge in [0.05, 0.1) is 12.1 Å². The fourth-order valence-electron chi connectivity index (χ4n) is 3.93. The molecule has 0 saturated carbocycles. The Kier molecular flexibility index (Phi) is 3.63. The third kappa shape index (κ3) is 2.32. The van der Waals surface area contributed by atoms with Gasteiger partial charge in [0, 0.05) is 23.8 Å². The van der Waals surface area contributed by atoms with Gasteiger partial charge in [-0.2, -0.15) is 0 Å². The summed E-state index contributed by atoms with van der Waals surface area (Å²) in [4.78, 5) is 0. The number of anilines is 1. The standard InChI is InChI=1S/C20H23NO/c1-2-14-10-11-18-17(13-14)20-16(9-6-12-22-20)19(21-18)15-7-4-3-5-8-15/h3-5,7-8,10-11,13,16,19-21H,2,6,9,12H2,1H3/t16-,19+,20-/m0/s1. The summed E-state index contributed by atoms with van der Waals surface area (Å²) in [7, 11) is 0. The van der Waals surface area contributed by atoms with Crippen molar-refractivity contribution in [3.05, 3.63) is 65.2 Å². The van der Waals surface area contributed by atoms with Gasteiger partial charge in [-0.05, 0) is 36.5 Å². The molecule has 1 saturated heterocycles. The molecule has 0 unspecified atom stereocenters. The van der Waals surface area contributed by atoms with E-state index in [9.17, 15) is 0 Å². The summed E-state index contributed by atoms with van der Waals surface area (Å²) in [5.74, 6) is 0.524. The molecule has 3 atom stereocenters. The van der Waals surface area contributed by atoms with Crippen LogP contribution in [-0.2, 0) is 11.2 Å². The Hall–Kier alpha value is -1.80. The van der Waals surface area contributed by atoms with Crippen LogP contribution in [0.1, 0.15) is 48.6 Å². The molecule has 2 aromatic rings. The minimum Gasteiger partial charge on any atom is -0.378 e. The second-order valence-electron chi connectivity index (χ2n) is 6.41. The Labute approximate surface area is 132 Å². The smallest absolute Gasteiger partial charge is 0.0895 e. The van der Waals surface area contributed by atoms with Gasteiger partial charge in [0.2, 0.25) is 0 Å². The number of ether oxygens (including phenoxy) is 1. The zero-order valence-electron chi connectivity index (χ0n) is 13.1. The molecule has 1 fully saturated rings. The first-order chi connectivity index (χ1) is 10.9. The largest absolute Gasteiger partial charge is 0.378 e. The van der Waals surface area contributed by atoms with E-state index in [4.69, 9.17) is 4.74 Å². The van der Waals surface area contributed by atoms with E-state index < -0.39 is 0 Å². The number of fused-ring (bicyclic) bond motifs is 3. The molecule has 0 aliphatic carbocycles. The van der Waals surface area contributed by atoms with Crippen LogP contribution in [0.25, 0.3) is 0 Å². The van der Waals surface area contributed by atoms with E-state index in [1.165, 1.54) is 28.8 Å². The lowest BCUT2D eigenvalue weighted by Crippen LogP contribution is -2.36. The molecule has 0 spiro atoms. The van der Waals surface area contributed by atoms with Crippen LogP contribution in [0, 0.1) is 5.92 Å². The summed E-state index contributed by atoms with van der Waals surface area (Å²) in [6.45, 7) is 3.10. The SMILES string of the molecule is CCc1ccc2c(c1)[C@H]1OCCC[C@H]1[C@@H](c1ccccc1)N2. The number of hydrogen-bond acceptors (Lipinski definition) is 2. The molecule has 22 heavy (non-hydrogen) atoms. The van der Waals surface area contributed by atoms with E-state index in [0.29, 0.717) is 12.0 Å². The predicted octanol–water partition coefficient (Wildman–Crippen LogP) is 4.88. The minimum atomic E-state index is 0.238. The molecular formula is C20H23NO. The van der Waals surface area contributed by atoms with Crippen LogP contribution in [-0.4, -0.2) is 6.61 Å². The maximum Gasteiger partial charge on any atom is 0.0895 e. The van der Waals surface area contributed by atoms with Crippen LogP contribution in [0.15, 0.2) is 48.5 Å². The van der Waals surface area contributed by atoms with Crippen molar-refractivity contribution in [2.24, 2.45) is 5.92 Å². The van der Waals surface area contributed by atoms with Gasteiger partial charge in [-0.25, -0.2) is 0 Å². The van der Waals surface area contributed by atoms with Gasteiger partial charge >= 0.3 is 0 Å². The molecule has 1 N–H and O–H groups in total. The summed E-state index contributed by atoms with van der Waals surface area (Å²) in [5, 5.41) is 3.78. The fourth-order valence-corrected chi connectivity index (χ4v) is 3.93. The van der Waals surface area contributed by atoms with Crippen molar-refractivity contribution >= 4 is 5.69 Å². The average Bonchev–Trinajstić information content (AvgIpc) is 2.61. The molecule has 114 valence electrons. The van der Waals surface area contributed by atoms with Crippen molar-refractivity contribution < 1.29 is 4.74 Å². The van der Waals surface area contributed by atoms with Crippen LogP contribution in [0.4, 0.5) is 5.69 Å². The summed E-state index contributed by atoms with van der Waals surface area (Å²) >= 11 is 0. The molecule has 2 aliphatic heterocycles. The van der Waals surface area contributed by atoms with Crippen molar-refractivity contribution in [1.82, 2.24) is 0 Å². The quantitative estimate of drug-likeness (QED) is 0.851. The molecule has 2 aromatic carbocycles. The summed E-state index contributed by atoms with van der Waals surface area (Å²) in [5.41, 5.74) is 5.37. The van der Waals surface area contributed by atoms with Crippen LogP contribution in [0.2, 0.25) is 0 Å². The lowest BCUT2D eigenvalue weighted by Gasteiger charge is -2.43. The molecule has 4 rings (SSSR count). The molecule has 0 bridgehead atoms. The summed E-state index contributed by atoms with van der Waals surface area (Å²) < 4.78 is 6.22. The maximum atomic E-state index is 6.22. The zero-order valence-corrected chi connectivity index (χ0v) is 13.1. The third-order valence-electron chi connectivity index (χ3n) is 5.10. The lowest BCUT2D eigenvalue weighted by molar-refractivity contribution is -0.0381. The van der Waals surface area contributed by atoms with Gasteiger partial charge < -0.3 is 10.1 Å². The Balaban J connectivity index is 1.77. The fraction of sp³-hybridized carbons (Fsp3) is 0.400. The molecule has 2 heterocycles. The number of hydrogen-bond donors (Lipinski definition) is 1. The highest BCUT2D eigenvalue weighted by Gasteiger charge is 2.39. The minimum absolute atomic E-state index is 0.238. The predicted molar refractivity (Wildman–Crippen MR) is 90.0 cm³/mol. The first-order valence-electron chi connectivity index (χ1n) is 8.42. The van der Waals surface area contributed by atoms with Gasteiger partial charge in [-0.15, -0.1) is 0 Å². The maximum absolute atomic E-state index is 6.22. The number of aryl methyl sites for hydroxylation is 1. The first-order valence-corrected chi connectivity index (χ1v) is 8.42. The molecule has 2 aliphatic rings. The van der Waals surface area contributed by atoms with E-state index in [0.717, 1.165) is 19.4 Å². The third-order valence-corrected chi connectivity index (χ3v) is 5.10. The number of nitrogens with one attached hydrogen (secondary N) is 1. The van der Waals surface area contributed by atoms with Crippen molar-refractivity contribution in [1.29, 1.82) is 0 Å². The molecule has 2 heteroatoms. The second kappa shape index (κ2) is 5.77. The van der Waals surface area contributed by atoms with Crippen molar-refractivity contribution in [2.45, 2.75) is 38.3 Å². The summed E-state index contributed by atoms with van der Waals surface area (Å²) in [6.07, 6.45) is 3.70. The van der Waals surface area contributed by atoms with Crippen molar-refractivity contribution in [2.75, 3.05) is 11.9 Å². The van der Waals surface area contributed by atoms with E-state index in [-0.39, 0.29) is 6.10 Å². The highest BCUT2D eigenvalue weighted by molar-refractivity contribution is 5.58. The lowest BCUT2D eigenvalue weighted by atomic mass is 9.77. The highest BCUT2D eigenvalue weighted by Crippen LogP contribution is 2.49. The normalized spacial score (nSPS) is 26.7. The van der Waals surface area contributed by atoms with Crippen molar-refractivity contribution in [3.8, 4) is 0 Å². The Morgan fingerprint density at radius 2 is 2.00 bits per heavy atom. The molecule has 0 radical (unpaired) electrons. The molecular weight excluding hydrogens is 270 g/mol. The van der Waals surface area contributed by atoms with Crippen LogP contribution < -0.4 is 5.32 Å². The second-order valence-corrected chi connectivity index (χ2v) is 6.41. The zero-order chi connectivity index (χ0) is 14.9. The topological polar surface area (TPSA) is 21.3 Å². The van der Waals surface area contributed by atoms with E-state index in [2.05, 4.69) is 60.8 Å². The van der Waals surface area contributed by atoms with Crippen LogP contribution >= 0.6 is 0 Å². The molecule has 0 amide bonds. The Bertz CT molecular complexity index is 652. The van der Waals surface area contributed by atoms with Gasteiger partial charge in [0.15, 0.2) is 0 Å².